The van der Waals surface area contributed by atoms with Gasteiger partial charge in [-0.25, -0.2) is 0 Å². The molecule has 11 heteroatoms. The standard InChI is InChI=1S/C21H19F3N4O4/c1-12(29)25-15-6-7-17(31-2)16(11-15)26-18(30)8-9-19-27-28-20(32-19)13-4-3-5-14(10-13)21(22,23)24/h3-7,10-11H,8-9H2,1-2H3,(H,25,29)(H,26,30). The van der Waals surface area contributed by atoms with Crippen molar-refractivity contribution in [2.75, 3.05) is 17.7 Å². The lowest BCUT2D eigenvalue weighted by Gasteiger charge is -2.12. The molecular formula is C21H19F3N4O4. The van der Waals surface area contributed by atoms with Crippen molar-refractivity contribution >= 4 is 23.2 Å². The minimum Gasteiger partial charge on any atom is -0.495 e. The largest absolute Gasteiger partial charge is 0.495 e. The Kier molecular flexibility index (Phi) is 6.76. The van der Waals surface area contributed by atoms with Gasteiger partial charge in [0.1, 0.15) is 5.75 Å². The van der Waals surface area contributed by atoms with Crippen molar-refractivity contribution in [1.29, 1.82) is 0 Å². The van der Waals surface area contributed by atoms with Gasteiger partial charge in [0.15, 0.2) is 0 Å². The van der Waals surface area contributed by atoms with E-state index in [-0.39, 0.29) is 42.0 Å². The number of ether oxygens (including phenoxy) is 1. The predicted octanol–water partition coefficient (Wildman–Crippen LogP) is 4.29. The number of aryl methyl sites for hydroxylation is 1. The normalized spacial score (nSPS) is 11.2. The number of halogens is 3. The average molecular weight is 448 g/mol. The van der Waals surface area contributed by atoms with Crippen molar-refractivity contribution in [3.63, 3.8) is 0 Å². The molecule has 32 heavy (non-hydrogen) atoms. The molecule has 1 aromatic heterocycles. The van der Waals surface area contributed by atoms with Gasteiger partial charge in [-0.05, 0) is 36.4 Å². The van der Waals surface area contributed by atoms with Gasteiger partial charge in [0.05, 0.1) is 18.4 Å². The number of hydrogen-bond donors (Lipinski definition) is 2. The Bertz CT molecular complexity index is 1130. The number of benzene rings is 2. The van der Waals surface area contributed by atoms with E-state index in [1.54, 1.807) is 18.2 Å². The molecule has 8 nitrogen and oxygen atoms in total. The van der Waals surface area contributed by atoms with Crippen LogP contribution in [0.25, 0.3) is 11.5 Å². The maximum absolute atomic E-state index is 12.9. The molecular weight excluding hydrogens is 429 g/mol. The Morgan fingerprint density at radius 1 is 1.09 bits per heavy atom. The quantitative estimate of drug-likeness (QED) is 0.559. The highest BCUT2D eigenvalue weighted by Gasteiger charge is 2.30. The second-order valence-corrected chi connectivity index (χ2v) is 6.72. The second kappa shape index (κ2) is 9.50. The molecule has 1 heterocycles. The van der Waals surface area contributed by atoms with Crippen molar-refractivity contribution in [3.05, 3.63) is 53.9 Å². The van der Waals surface area contributed by atoms with Crippen LogP contribution < -0.4 is 15.4 Å². The summed E-state index contributed by atoms with van der Waals surface area (Å²) in [5.41, 5.74) is 0.141. The summed E-state index contributed by atoms with van der Waals surface area (Å²) >= 11 is 0. The summed E-state index contributed by atoms with van der Waals surface area (Å²) in [6.07, 6.45) is -4.45. The molecule has 0 unspecified atom stereocenters. The Hall–Kier alpha value is -3.89. The first kappa shape index (κ1) is 22.8. The van der Waals surface area contributed by atoms with E-state index in [2.05, 4.69) is 20.8 Å². The zero-order valence-electron chi connectivity index (χ0n) is 17.1. The van der Waals surface area contributed by atoms with Crippen LogP contribution in [0.2, 0.25) is 0 Å². The SMILES string of the molecule is COc1ccc(NC(C)=O)cc1NC(=O)CCc1nnc(-c2cccc(C(F)(F)F)c2)o1. The minimum atomic E-state index is -4.49. The van der Waals surface area contributed by atoms with Crippen LogP contribution in [-0.2, 0) is 22.2 Å². The summed E-state index contributed by atoms with van der Waals surface area (Å²) in [7, 11) is 1.44. The third kappa shape index (κ3) is 5.84. The first-order valence-corrected chi connectivity index (χ1v) is 9.41. The number of nitrogens with one attached hydrogen (secondary N) is 2. The number of rotatable bonds is 7. The molecule has 3 rings (SSSR count). The molecule has 2 aromatic carbocycles. The number of aromatic nitrogens is 2. The number of anilines is 2. The fourth-order valence-corrected chi connectivity index (χ4v) is 2.82. The van der Waals surface area contributed by atoms with Gasteiger partial charge in [-0.15, -0.1) is 10.2 Å². The van der Waals surface area contributed by atoms with Crippen molar-refractivity contribution in [3.8, 4) is 17.2 Å². The molecule has 0 aliphatic rings. The molecule has 0 aliphatic heterocycles. The van der Waals surface area contributed by atoms with Crippen molar-refractivity contribution < 1.29 is 31.9 Å². The van der Waals surface area contributed by atoms with E-state index >= 15 is 0 Å². The van der Waals surface area contributed by atoms with Crippen LogP contribution >= 0.6 is 0 Å². The van der Waals surface area contributed by atoms with Gasteiger partial charge in [-0.3, -0.25) is 9.59 Å². The van der Waals surface area contributed by atoms with Crippen LogP contribution in [0.5, 0.6) is 5.75 Å². The highest BCUT2D eigenvalue weighted by Crippen LogP contribution is 2.32. The molecule has 0 atom stereocenters. The minimum absolute atomic E-state index is 0.0300. The summed E-state index contributed by atoms with van der Waals surface area (Å²) < 4.78 is 49.2. The average Bonchev–Trinajstić information content (AvgIpc) is 3.21. The second-order valence-electron chi connectivity index (χ2n) is 6.72. The van der Waals surface area contributed by atoms with Crippen LogP contribution in [0.1, 0.15) is 24.8 Å². The maximum Gasteiger partial charge on any atom is 0.416 e. The summed E-state index contributed by atoms with van der Waals surface area (Å²) in [4.78, 5) is 23.6. The number of alkyl halides is 3. The van der Waals surface area contributed by atoms with E-state index < -0.39 is 11.7 Å². The lowest BCUT2D eigenvalue weighted by molar-refractivity contribution is -0.137. The Labute approximate surface area is 180 Å². The topological polar surface area (TPSA) is 106 Å². The van der Waals surface area contributed by atoms with Crippen molar-refractivity contribution in [2.45, 2.75) is 25.9 Å². The summed E-state index contributed by atoms with van der Waals surface area (Å²) in [6.45, 7) is 1.36. The van der Waals surface area contributed by atoms with Crippen LogP contribution in [0.15, 0.2) is 46.9 Å². The number of methoxy groups -OCH3 is 1. The van der Waals surface area contributed by atoms with Gasteiger partial charge < -0.3 is 19.8 Å². The third-order valence-corrected chi connectivity index (χ3v) is 4.26. The van der Waals surface area contributed by atoms with E-state index in [4.69, 9.17) is 9.15 Å². The Balaban J connectivity index is 1.64. The van der Waals surface area contributed by atoms with E-state index in [0.29, 0.717) is 17.1 Å². The van der Waals surface area contributed by atoms with Gasteiger partial charge in [0.2, 0.25) is 23.6 Å². The smallest absolute Gasteiger partial charge is 0.416 e. The van der Waals surface area contributed by atoms with E-state index in [0.717, 1.165) is 12.1 Å². The zero-order valence-corrected chi connectivity index (χ0v) is 17.1. The summed E-state index contributed by atoms with van der Waals surface area (Å²) in [6, 6.07) is 9.31. The maximum atomic E-state index is 12.9. The molecule has 0 bridgehead atoms. The van der Waals surface area contributed by atoms with E-state index in [9.17, 15) is 22.8 Å². The van der Waals surface area contributed by atoms with Crippen LogP contribution in [0.4, 0.5) is 24.5 Å². The summed E-state index contributed by atoms with van der Waals surface area (Å²) in [5, 5.41) is 12.8. The van der Waals surface area contributed by atoms with Crippen molar-refractivity contribution in [1.82, 2.24) is 10.2 Å². The molecule has 168 valence electrons. The number of amides is 2. The highest BCUT2D eigenvalue weighted by molar-refractivity contribution is 5.95. The number of hydrogen-bond acceptors (Lipinski definition) is 6. The first-order valence-electron chi connectivity index (χ1n) is 9.41. The lowest BCUT2D eigenvalue weighted by Crippen LogP contribution is -2.14. The van der Waals surface area contributed by atoms with Gasteiger partial charge in [0.25, 0.3) is 0 Å². The molecule has 0 spiro atoms. The molecule has 2 N–H and O–H groups in total. The van der Waals surface area contributed by atoms with Gasteiger partial charge in [0, 0.05) is 31.0 Å². The van der Waals surface area contributed by atoms with Gasteiger partial charge >= 0.3 is 6.18 Å². The van der Waals surface area contributed by atoms with Crippen LogP contribution in [0.3, 0.4) is 0 Å². The molecule has 3 aromatic rings. The molecule has 0 saturated carbocycles. The molecule has 2 amide bonds. The van der Waals surface area contributed by atoms with Crippen LogP contribution in [0, 0.1) is 0 Å². The summed E-state index contributed by atoms with van der Waals surface area (Å²) in [5.74, 6) is -0.220. The predicted molar refractivity (Wildman–Crippen MR) is 109 cm³/mol. The van der Waals surface area contributed by atoms with Gasteiger partial charge in [-0.2, -0.15) is 13.2 Å². The fourth-order valence-electron chi connectivity index (χ4n) is 2.82. The number of carbonyl (C=O) groups excluding carboxylic acids is 2. The zero-order chi connectivity index (χ0) is 23.3. The first-order chi connectivity index (χ1) is 15.2. The fraction of sp³-hybridized carbons (Fsp3) is 0.238. The van der Waals surface area contributed by atoms with Crippen molar-refractivity contribution in [2.24, 2.45) is 0 Å². The lowest BCUT2D eigenvalue weighted by atomic mass is 10.1. The Morgan fingerprint density at radius 3 is 2.56 bits per heavy atom. The number of carbonyl (C=O) groups is 2. The van der Waals surface area contributed by atoms with E-state index in [1.165, 1.54) is 26.2 Å². The molecule has 0 saturated heterocycles. The van der Waals surface area contributed by atoms with E-state index in [1.807, 2.05) is 0 Å². The van der Waals surface area contributed by atoms with Crippen LogP contribution in [-0.4, -0.2) is 29.1 Å². The molecule has 0 radical (unpaired) electrons. The highest BCUT2D eigenvalue weighted by atomic mass is 19.4. The molecule has 0 aliphatic carbocycles. The Morgan fingerprint density at radius 2 is 1.88 bits per heavy atom. The van der Waals surface area contributed by atoms with Gasteiger partial charge in [-0.1, -0.05) is 6.07 Å². The number of nitrogens with zero attached hydrogens (tertiary/aromatic N) is 2. The molecule has 0 fully saturated rings. The monoisotopic (exact) mass is 448 g/mol. The third-order valence-electron chi connectivity index (χ3n) is 4.26.